The minimum absolute atomic E-state index is 0.0320. The Hall–Kier alpha value is -3.62. The zero-order chi connectivity index (χ0) is 23.6. The van der Waals surface area contributed by atoms with Crippen molar-refractivity contribution in [3.05, 3.63) is 66.0 Å². The number of amides is 2. The molecule has 2 aromatic rings. The second-order valence-electron chi connectivity index (χ2n) is 7.96. The Morgan fingerprint density at radius 1 is 1.06 bits per heavy atom. The maximum atomic E-state index is 12.8. The van der Waals surface area contributed by atoms with Gasteiger partial charge in [-0.2, -0.15) is 0 Å². The third-order valence-corrected chi connectivity index (χ3v) is 4.12. The maximum absolute atomic E-state index is 12.8. The van der Waals surface area contributed by atoms with Gasteiger partial charge < -0.3 is 19.5 Å². The minimum Gasteiger partial charge on any atom is -0.467 e. The van der Waals surface area contributed by atoms with Crippen LogP contribution in [0.2, 0.25) is 0 Å². The van der Waals surface area contributed by atoms with Crippen LogP contribution in [0.3, 0.4) is 0 Å². The number of hydrogen-bond donors (Lipinski definition) is 1. The lowest BCUT2D eigenvalue weighted by Gasteiger charge is -2.29. The second kappa shape index (κ2) is 11.7. The molecule has 1 N–H and O–H groups in total. The summed E-state index contributed by atoms with van der Waals surface area (Å²) >= 11 is 0. The monoisotopic (exact) mass is 443 g/mol. The molecule has 1 heterocycles. The summed E-state index contributed by atoms with van der Waals surface area (Å²) in [5, 5.41) is 2.47. The van der Waals surface area contributed by atoms with Crippen LogP contribution in [0.1, 0.15) is 32.0 Å². The molecular formula is C23H29N3O6. The van der Waals surface area contributed by atoms with Gasteiger partial charge in [0.1, 0.15) is 18.2 Å². The third-order valence-electron chi connectivity index (χ3n) is 4.12. The SMILES string of the molecule is COC(=O)[C@H](CN(Cc1ccccn1)C(=O)OC(C)(C)C)NC(=O)OCc1ccccc1. The van der Waals surface area contributed by atoms with Gasteiger partial charge in [0.2, 0.25) is 0 Å². The number of nitrogens with zero attached hydrogens (tertiary/aromatic N) is 2. The van der Waals surface area contributed by atoms with Crippen molar-refractivity contribution in [2.45, 2.75) is 45.6 Å². The summed E-state index contributed by atoms with van der Waals surface area (Å²) < 4.78 is 15.5. The first-order valence-corrected chi connectivity index (χ1v) is 10.1. The highest BCUT2D eigenvalue weighted by atomic mass is 16.6. The predicted octanol–water partition coefficient (Wildman–Crippen LogP) is 3.29. The van der Waals surface area contributed by atoms with Crippen LogP contribution in [-0.2, 0) is 32.2 Å². The number of ether oxygens (including phenoxy) is 3. The largest absolute Gasteiger partial charge is 0.467 e. The molecule has 0 fully saturated rings. The van der Waals surface area contributed by atoms with E-state index in [1.165, 1.54) is 12.0 Å². The van der Waals surface area contributed by atoms with E-state index in [9.17, 15) is 14.4 Å². The standard InChI is InChI=1S/C23H29N3O6/c1-23(2,3)32-22(29)26(14-18-12-8-9-13-24-18)15-19(20(27)30-4)25-21(28)31-16-17-10-6-5-7-11-17/h5-13,19H,14-16H2,1-4H3,(H,25,28)/t19-/m0/s1. The van der Waals surface area contributed by atoms with Gasteiger partial charge in [0.25, 0.3) is 0 Å². The topological polar surface area (TPSA) is 107 Å². The smallest absolute Gasteiger partial charge is 0.410 e. The van der Waals surface area contributed by atoms with Crippen molar-refractivity contribution in [2.75, 3.05) is 13.7 Å². The molecule has 172 valence electrons. The Bertz CT molecular complexity index is 884. The highest BCUT2D eigenvalue weighted by Crippen LogP contribution is 2.13. The highest BCUT2D eigenvalue weighted by molar-refractivity contribution is 5.82. The summed E-state index contributed by atoms with van der Waals surface area (Å²) in [5.74, 6) is -0.726. The number of rotatable bonds is 8. The van der Waals surface area contributed by atoms with E-state index in [1.807, 2.05) is 30.3 Å². The van der Waals surface area contributed by atoms with Gasteiger partial charge in [0.05, 0.1) is 25.9 Å². The summed E-state index contributed by atoms with van der Waals surface area (Å²) in [6.07, 6.45) is 0.127. The first kappa shape index (κ1) is 24.6. The Labute approximate surface area is 187 Å². The lowest BCUT2D eigenvalue weighted by atomic mass is 10.2. The van der Waals surface area contributed by atoms with Crippen LogP contribution >= 0.6 is 0 Å². The molecule has 0 radical (unpaired) electrons. The zero-order valence-electron chi connectivity index (χ0n) is 18.7. The van der Waals surface area contributed by atoms with E-state index in [0.717, 1.165) is 5.56 Å². The molecule has 2 amide bonds. The van der Waals surface area contributed by atoms with Crippen molar-refractivity contribution in [1.82, 2.24) is 15.2 Å². The summed E-state index contributed by atoms with van der Waals surface area (Å²) in [4.78, 5) is 42.9. The van der Waals surface area contributed by atoms with E-state index in [2.05, 4.69) is 10.3 Å². The average molecular weight is 444 g/mol. The van der Waals surface area contributed by atoms with Crippen LogP contribution in [0.25, 0.3) is 0 Å². The number of nitrogens with one attached hydrogen (secondary N) is 1. The number of carbonyl (C=O) groups excluding carboxylic acids is 3. The van der Waals surface area contributed by atoms with Gasteiger partial charge in [-0.15, -0.1) is 0 Å². The molecule has 0 aliphatic carbocycles. The Balaban J connectivity index is 2.11. The van der Waals surface area contributed by atoms with Gasteiger partial charge in [-0.25, -0.2) is 14.4 Å². The van der Waals surface area contributed by atoms with Crippen molar-refractivity contribution in [3.8, 4) is 0 Å². The molecule has 1 aromatic heterocycles. The molecule has 32 heavy (non-hydrogen) atoms. The van der Waals surface area contributed by atoms with Crippen LogP contribution in [-0.4, -0.2) is 53.3 Å². The fraction of sp³-hybridized carbons (Fsp3) is 0.391. The van der Waals surface area contributed by atoms with Crippen molar-refractivity contribution < 1.29 is 28.6 Å². The quantitative estimate of drug-likeness (QED) is 0.493. The van der Waals surface area contributed by atoms with Crippen LogP contribution < -0.4 is 5.32 Å². The molecule has 1 atom stereocenters. The molecule has 0 aliphatic heterocycles. The molecule has 0 saturated heterocycles. The fourth-order valence-corrected chi connectivity index (χ4v) is 2.67. The van der Waals surface area contributed by atoms with E-state index in [0.29, 0.717) is 5.69 Å². The van der Waals surface area contributed by atoms with Crippen LogP contribution in [0, 0.1) is 0 Å². The first-order valence-electron chi connectivity index (χ1n) is 10.1. The van der Waals surface area contributed by atoms with Gasteiger partial charge in [0.15, 0.2) is 0 Å². The van der Waals surface area contributed by atoms with E-state index in [1.54, 1.807) is 45.2 Å². The number of benzene rings is 1. The Morgan fingerprint density at radius 3 is 2.34 bits per heavy atom. The highest BCUT2D eigenvalue weighted by Gasteiger charge is 2.30. The number of esters is 1. The molecule has 1 aromatic carbocycles. The molecule has 0 bridgehead atoms. The fourth-order valence-electron chi connectivity index (χ4n) is 2.67. The summed E-state index contributed by atoms with van der Waals surface area (Å²) in [6.45, 7) is 5.12. The lowest BCUT2D eigenvalue weighted by Crippen LogP contribution is -2.51. The maximum Gasteiger partial charge on any atom is 0.410 e. The Morgan fingerprint density at radius 2 is 1.75 bits per heavy atom. The number of methoxy groups -OCH3 is 1. The minimum atomic E-state index is -1.17. The molecule has 0 spiro atoms. The first-order chi connectivity index (χ1) is 15.2. The van der Waals surface area contributed by atoms with Crippen LogP contribution in [0.5, 0.6) is 0 Å². The van der Waals surface area contributed by atoms with Gasteiger partial charge in [0, 0.05) is 6.20 Å². The number of aromatic nitrogens is 1. The molecule has 9 nitrogen and oxygen atoms in total. The number of pyridine rings is 1. The summed E-state index contributed by atoms with van der Waals surface area (Å²) in [7, 11) is 1.20. The zero-order valence-corrected chi connectivity index (χ0v) is 18.7. The molecule has 2 rings (SSSR count). The summed E-state index contributed by atoms with van der Waals surface area (Å²) in [6, 6.07) is 13.2. The number of carbonyl (C=O) groups is 3. The molecule has 0 unspecified atom stereocenters. The lowest BCUT2D eigenvalue weighted by molar-refractivity contribution is -0.143. The summed E-state index contributed by atoms with van der Waals surface area (Å²) in [5.41, 5.74) is 0.638. The predicted molar refractivity (Wildman–Crippen MR) is 116 cm³/mol. The number of alkyl carbamates (subject to hydrolysis) is 1. The van der Waals surface area contributed by atoms with E-state index < -0.39 is 29.8 Å². The molecule has 9 heteroatoms. The van der Waals surface area contributed by atoms with E-state index in [-0.39, 0.29) is 19.7 Å². The van der Waals surface area contributed by atoms with Crippen molar-refractivity contribution in [2.24, 2.45) is 0 Å². The normalized spacial score (nSPS) is 11.8. The van der Waals surface area contributed by atoms with Gasteiger partial charge in [-0.1, -0.05) is 36.4 Å². The van der Waals surface area contributed by atoms with Crippen molar-refractivity contribution in [1.29, 1.82) is 0 Å². The van der Waals surface area contributed by atoms with Gasteiger partial charge in [-0.05, 0) is 38.5 Å². The Kier molecular flexibility index (Phi) is 9.00. The van der Waals surface area contributed by atoms with E-state index in [4.69, 9.17) is 14.2 Å². The van der Waals surface area contributed by atoms with Crippen molar-refractivity contribution >= 4 is 18.2 Å². The van der Waals surface area contributed by atoms with Crippen LogP contribution in [0.15, 0.2) is 54.7 Å². The third kappa shape index (κ3) is 8.63. The van der Waals surface area contributed by atoms with E-state index >= 15 is 0 Å². The molecule has 0 aliphatic rings. The van der Waals surface area contributed by atoms with Gasteiger partial charge >= 0.3 is 18.2 Å². The average Bonchev–Trinajstić information content (AvgIpc) is 2.76. The second-order valence-corrected chi connectivity index (χ2v) is 7.96. The molecule has 0 saturated carbocycles. The molecular weight excluding hydrogens is 414 g/mol. The van der Waals surface area contributed by atoms with Crippen molar-refractivity contribution in [3.63, 3.8) is 0 Å². The van der Waals surface area contributed by atoms with Gasteiger partial charge in [-0.3, -0.25) is 9.88 Å². The van der Waals surface area contributed by atoms with Crippen LogP contribution in [0.4, 0.5) is 9.59 Å². The number of hydrogen-bond acceptors (Lipinski definition) is 7.